The molecule has 1 heterocycles. The Kier molecular flexibility index (Phi) is 4.49. The van der Waals surface area contributed by atoms with Crippen molar-refractivity contribution in [1.29, 1.82) is 0 Å². The van der Waals surface area contributed by atoms with E-state index in [0.29, 0.717) is 21.5 Å². The van der Waals surface area contributed by atoms with Gasteiger partial charge >= 0.3 is 5.97 Å². The van der Waals surface area contributed by atoms with Crippen molar-refractivity contribution in [2.75, 3.05) is 0 Å². The summed E-state index contributed by atoms with van der Waals surface area (Å²) in [5.74, 6) is -1.91. The Labute approximate surface area is 146 Å². The van der Waals surface area contributed by atoms with E-state index in [0.717, 1.165) is 0 Å². The second kappa shape index (κ2) is 6.74. The quantitative estimate of drug-likeness (QED) is 0.246. The first kappa shape index (κ1) is 16.7. The summed E-state index contributed by atoms with van der Waals surface area (Å²) in [4.78, 5) is 37.4. The lowest BCUT2D eigenvalue weighted by Gasteiger charge is -2.04. The van der Waals surface area contributed by atoms with E-state index in [1.165, 1.54) is 24.4 Å². The molecule has 2 aromatic carbocycles. The molecule has 7 nitrogen and oxygen atoms in total. The van der Waals surface area contributed by atoms with Crippen LogP contribution in [-0.2, 0) is 16.1 Å². The van der Waals surface area contributed by atoms with Crippen LogP contribution in [0.5, 0.6) is 0 Å². The third kappa shape index (κ3) is 3.51. The summed E-state index contributed by atoms with van der Waals surface area (Å²) in [6.07, 6.45) is 1.33. The number of fused-ring (bicyclic) bond motifs is 1. The van der Waals surface area contributed by atoms with Crippen LogP contribution >= 0.6 is 11.6 Å². The highest BCUT2D eigenvalue weighted by molar-refractivity contribution is 6.43. The van der Waals surface area contributed by atoms with Gasteiger partial charge in [-0.15, -0.1) is 0 Å². The minimum absolute atomic E-state index is 0.0276. The van der Waals surface area contributed by atoms with Crippen LogP contribution in [0.1, 0.15) is 15.9 Å². The number of ether oxygens (including phenoxy) is 1. The molecule has 1 N–H and O–H groups in total. The van der Waals surface area contributed by atoms with Crippen LogP contribution in [-0.4, -0.2) is 21.7 Å². The number of halogens is 1. The van der Waals surface area contributed by atoms with E-state index in [1.807, 2.05) is 0 Å². The van der Waals surface area contributed by atoms with E-state index in [-0.39, 0.29) is 17.9 Å². The first-order valence-corrected chi connectivity index (χ1v) is 7.55. The molecule has 25 heavy (non-hydrogen) atoms. The normalized spacial score (nSPS) is 10.6. The number of benzene rings is 2. The lowest BCUT2D eigenvalue weighted by atomic mass is 10.1. The number of aromatic nitrogens is 1. The first-order valence-electron chi connectivity index (χ1n) is 7.17. The Morgan fingerprint density at radius 3 is 2.56 bits per heavy atom. The minimum atomic E-state index is -1.04. The highest BCUT2D eigenvalue weighted by Gasteiger charge is 2.22. The van der Waals surface area contributed by atoms with Gasteiger partial charge in [0.05, 0.1) is 10.5 Å². The molecule has 0 atom stereocenters. The monoisotopic (exact) mass is 358 g/mol. The minimum Gasteiger partial charge on any atom is -0.455 e. The maximum Gasteiger partial charge on any atom is 0.380 e. The fraction of sp³-hybridized carbons (Fsp3) is 0.0588. The number of nitro benzene ring substituents is 1. The largest absolute Gasteiger partial charge is 0.455 e. The molecule has 0 radical (unpaired) electrons. The highest BCUT2D eigenvalue weighted by atomic mass is 35.5. The molecule has 0 bridgehead atoms. The van der Waals surface area contributed by atoms with Gasteiger partial charge in [0, 0.05) is 34.3 Å². The summed E-state index contributed by atoms with van der Waals surface area (Å²) < 4.78 is 5.00. The van der Waals surface area contributed by atoms with Gasteiger partial charge < -0.3 is 9.72 Å². The van der Waals surface area contributed by atoms with E-state index >= 15 is 0 Å². The molecular weight excluding hydrogens is 348 g/mol. The molecule has 3 rings (SSSR count). The second-order valence-electron chi connectivity index (χ2n) is 5.22. The van der Waals surface area contributed by atoms with Crippen molar-refractivity contribution in [1.82, 2.24) is 4.98 Å². The Bertz CT molecular complexity index is 978. The lowest BCUT2D eigenvalue weighted by Crippen LogP contribution is -2.17. The van der Waals surface area contributed by atoms with Crippen molar-refractivity contribution in [3.63, 3.8) is 0 Å². The predicted molar refractivity (Wildman–Crippen MR) is 90.5 cm³/mol. The molecular formula is C17H11ClN2O5. The summed E-state index contributed by atoms with van der Waals surface area (Å²) >= 11 is 5.77. The highest BCUT2D eigenvalue weighted by Crippen LogP contribution is 2.24. The number of H-pyrrole nitrogens is 1. The molecule has 0 saturated heterocycles. The summed E-state index contributed by atoms with van der Waals surface area (Å²) in [6.45, 7) is -0.0791. The van der Waals surface area contributed by atoms with Gasteiger partial charge in [-0.05, 0) is 23.8 Å². The molecule has 1 aromatic heterocycles. The molecule has 0 aliphatic carbocycles. The topological polar surface area (TPSA) is 102 Å². The molecule has 0 aliphatic heterocycles. The second-order valence-corrected chi connectivity index (χ2v) is 5.66. The molecule has 0 saturated carbocycles. The van der Waals surface area contributed by atoms with Gasteiger partial charge in [-0.2, -0.15) is 0 Å². The average molecular weight is 359 g/mol. The van der Waals surface area contributed by atoms with Crippen LogP contribution in [0.2, 0.25) is 5.02 Å². The average Bonchev–Trinajstić information content (AvgIpc) is 3.03. The van der Waals surface area contributed by atoms with E-state index in [4.69, 9.17) is 16.3 Å². The van der Waals surface area contributed by atoms with Crippen molar-refractivity contribution in [3.05, 3.63) is 74.9 Å². The van der Waals surface area contributed by atoms with E-state index in [2.05, 4.69) is 4.98 Å². The zero-order chi connectivity index (χ0) is 18.0. The third-order valence-corrected chi connectivity index (χ3v) is 3.84. The Hall–Kier alpha value is -3.19. The number of nitrogens with zero attached hydrogens (tertiary/aromatic N) is 1. The van der Waals surface area contributed by atoms with Crippen LogP contribution in [0.3, 0.4) is 0 Å². The summed E-state index contributed by atoms with van der Waals surface area (Å²) in [5, 5.41) is 11.7. The van der Waals surface area contributed by atoms with Gasteiger partial charge in [0.15, 0.2) is 0 Å². The smallest absolute Gasteiger partial charge is 0.380 e. The number of aromatic amines is 1. The number of Topliss-reactive ketones (excluding diaryl/α,β-unsaturated/α-hetero) is 1. The number of non-ortho nitro benzene ring substituents is 1. The zero-order valence-corrected chi connectivity index (χ0v) is 13.4. The zero-order valence-electron chi connectivity index (χ0n) is 12.7. The molecule has 0 amide bonds. The molecule has 0 spiro atoms. The number of carbonyl (C=O) groups is 2. The molecule has 0 unspecified atom stereocenters. The third-order valence-electron chi connectivity index (χ3n) is 3.59. The lowest BCUT2D eigenvalue weighted by molar-refractivity contribution is -0.384. The summed E-state index contributed by atoms with van der Waals surface area (Å²) in [6, 6.07) is 10.7. The van der Waals surface area contributed by atoms with Crippen LogP contribution in [0.4, 0.5) is 5.69 Å². The number of carbonyl (C=O) groups excluding carboxylic acids is 2. The van der Waals surface area contributed by atoms with Crippen molar-refractivity contribution >= 4 is 39.9 Å². The predicted octanol–water partition coefficient (Wildman–Crippen LogP) is 3.66. The first-order chi connectivity index (χ1) is 12.0. The number of ketones is 1. The van der Waals surface area contributed by atoms with Gasteiger partial charge in [-0.3, -0.25) is 14.9 Å². The fourth-order valence-electron chi connectivity index (χ4n) is 2.32. The molecule has 3 aromatic rings. The number of hydrogen-bond acceptors (Lipinski definition) is 5. The molecule has 0 aliphatic rings. The SMILES string of the molecule is O=C(OCc1ccc(Cl)cc1)C(=O)c1c[nH]c2ccc([N+](=O)[O-])cc12. The van der Waals surface area contributed by atoms with Crippen LogP contribution in [0, 0.1) is 10.1 Å². The van der Waals surface area contributed by atoms with Gasteiger partial charge in [0.1, 0.15) is 6.61 Å². The Morgan fingerprint density at radius 2 is 1.88 bits per heavy atom. The number of rotatable bonds is 5. The maximum atomic E-state index is 12.3. The van der Waals surface area contributed by atoms with E-state index in [9.17, 15) is 19.7 Å². The van der Waals surface area contributed by atoms with Gasteiger partial charge in [-0.1, -0.05) is 23.7 Å². The molecule has 8 heteroatoms. The number of esters is 1. The summed E-state index contributed by atoms with van der Waals surface area (Å²) in [5.41, 5.74) is 1.05. The number of nitrogens with one attached hydrogen (secondary N) is 1. The van der Waals surface area contributed by atoms with Crippen LogP contribution in [0.25, 0.3) is 10.9 Å². The van der Waals surface area contributed by atoms with Crippen molar-refractivity contribution in [2.45, 2.75) is 6.61 Å². The maximum absolute atomic E-state index is 12.3. The van der Waals surface area contributed by atoms with Crippen molar-refractivity contribution in [3.8, 4) is 0 Å². The standard InChI is InChI=1S/C17H11ClN2O5/c18-11-3-1-10(2-4-11)9-25-17(22)16(21)14-8-19-15-6-5-12(20(23)24)7-13(14)15/h1-8,19H,9H2. The Balaban J connectivity index is 1.78. The fourth-order valence-corrected chi connectivity index (χ4v) is 2.44. The van der Waals surface area contributed by atoms with E-state index < -0.39 is 16.7 Å². The van der Waals surface area contributed by atoms with Crippen LogP contribution < -0.4 is 0 Å². The number of hydrogen-bond donors (Lipinski definition) is 1. The van der Waals surface area contributed by atoms with Gasteiger partial charge in [0.2, 0.25) is 0 Å². The Morgan fingerprint density at radius 1 is 1.16 bits per heavy atom. The van der Waals surface area contributed by atoms with Crippen LogP contribution in [0.15, 0.2) is 48.7 Å². The van der Waals surface area contributed by atoms with Crippen molar-refractivity contribution in [2.24, 2.45) is 0 Å². The molecule has 126 valence electrons. The van der Waals surface area contributed by atoms with Crippen molar-refractivity contribution < 1.29 is 19.2 Å². The van der Waals surface area contributed by atoms with Gasteiger partial charge in [0.25, 0.3) is 11.5 Å². The van der Waals surface area contributed by atoms with Gasteiger partial charge in [-0.25, -0.2) is 4.79 Å². The number of nitro groups is 1. The van der Waals surface area contributed by atoms with E-state index in [1.54, 1.807) is 24.3 Å². The summed E-state index contributed by atoms with van der Waals surface area (Å²) in [7, 11) is 0. The molecule has 0 fully saturated rings.